The lowest BCUT2D eigenvalue weighted by molar-refractivity contribution is 0.0714. The highest BCUT2D eigenvalue weighted by molar-refractivity contribution is 7.18. The van der Waals surface area contributed by atoms with Gasteiger partial charge in [-0.25, -0.2) is 4.98 Å². The van der Waals surface area contributed by atoms with Crippen LogP contribution in [0.1, 0.15) is 43.8 Å². The maximum atomic E-state index is 13.2. The van der Waals surface area contributed by atoms with Gasteiger partial charge in [-0.05, 0) is 48.6 Å². The minimum atomic E-state index is -0.190. The fraction of sp³-hybridized carbons (Fsp3) is 0.208. The van der Waals surface area contributed by atoms with Gasteiger partial charge in [-0.2, -0.15) is 0 Å². The van der Waals surface area contributed by atoms with Crippen LogP contribution in [0.4, 0.5) is 5.69 Å². The van der Waals surface area contributed by atoms with Crippen molar-refractivity contribution in [3.8, 4) is 0 Å². The molecule has 2 aromatic carbocycles. The minimum absolute atomic E-state index is 0.0372. The van der Waals surface area contributed by atoms with Crippen LogP contribution in [0.2, 0.25) is 0 Å². The van der Waals surface area contributed by atoms with E-state index in [-0.39, 0.29) is 11.8 Å². The molecule has 2 aromatic heterocycles. The van der Waals surface area contributed by atoms with E-state index in [4.69, 9.17) is 4.98 Å². The van der Waals surface area contributed by atoms with Crippen LogP contribution in [0.15, 0.2) is 66.0 Å². The number of thiophene rings is 1. The number of carbonyl (C=O) groups excluding carboxylic acids is 2. The number of aromatic nitrogens is 1. The highest BCUT2D eigenvalue weighted by Crippen LogP contribution is 2.34. The summed E-state index contributed by atoms with van der Waals surface area (Å²) in [4.78, 5) is 33.0. The van der Waals surface area contributed by atoms with Gasteiger partial charge in [-0.3, -0.25) is 9.59 Å². The molecule has 4 aromatic rings. The summed E-state index contributed by atoms with van der Waals surface area (Å²) < 4.78 is 1.21. The number of thiazole rings is 1. The smallest absolute Gasteiger partial charge is 0.265 e. The highest BCUT2D eigenvalue weighted by atomic mass is 32.1. The van der Waals surface area contributed by atoms with Crippen molar-refractivity contribution in [3.05, 3.63) is 81.5 Å². The number of amides is 2. The average molecular weight is 448 g/mol. The van der Waals surface area contributed by atoms with Crippen molar-refractivity contribution in [2.24, 2.45) is 0 Å². The fourth-order valence-corrected chi connectivity index (χ4v) is 5.69. The van der Waals surface area contributed by atoms with E-state index < -0.39 is 0 Å². The Labute approximate surface area is 188 Å². The van der Waals surface area contributed by atoms with E-state index in [0.29, 0.717) is 35.1 Å². The molecule has 0 unspecified atom stereocenters. The molecular weight excluding hydrogens is 426 g/mol. The van der Waals surface area contributed by atoms with Gasteiger partial charge in [0.15, 0.2) is 0 Å². The lowest BCUT2D eigenvalue weighted by Gasteiger charge is -2.31. The molecule has 1 aliphatic rings. The third-order valence-corrected chi connectivity index (χ3v) is 7.66. The van der Waals surface area contributed by atoms with Crippen LogP contribution in [0.5, 0.6) is 0 Å². The Hall–Kier alpha value is -3.03. The molecular formula is C24H21N3O2S2. The third kappa shape index (κ3) is 4.11. The van der Waals surface area contributed by atoms with Crippen molar-refractivity contribution in [3.63, 3.8) is 0 Å². The number of carbonyl (C=O) groups is 2. The Balaban J connectivity index is 1.28. The molecule has 156 valence electrons. The molecule has 1 saturated heterocycles. The first-order valence-electron chi connectivity index (χ1n) is 10.3. The van der Waals surface area contributed by atoms with Crippen molar-refractivity contribution in [2.75, 3.05) is 18.4 Å². The number of likely N-dealkylation sites (tertiary alicyclic amines) is 1. The zero-order valence-corrected chi connectivity index (χ0v) is 18.4. The molecule has 1 N–H and O–H groups in total. The Morgan fingerprint density at radius 1 is 0.968 bits per heavy atom. The normalized spacial score (nSPS) is 14.6. The maximum absolute atomic E-state index is 13.2. The minimum Gasteiger partial charge on any atom is -0.339 e. The van der Waals surface area contributed by atoms with E-state index in [1.807, 2.05) is 40.6 Å². The highest BCUT2D eigenvalue weighted by Gasteiger charge is 2.27. The largest absolute Gasteiger partial charge is 0.339 e. The zero-order valence-electron chi connectivity index (χ0n) is 16.8. The number of nitrogens with zero attached hydrogens (tertiary/aromatic N) is 2. The Morgan fingerprint density at radius 3 is 2.52 bits per heavy atom. The third-order valence-electron chi connectivity index (χ3n) is 5.59. The summed E-state index contributed by atoms with van der Waals surface area (Å²) in [5, 5.41) is 5.92. The first-order chi connectivity index (χ1) is 15.2. The molecule has 5 rings (SSSR count). The molecule has 0 spiro atoms. The van der Waals surface area contributed by atoms with Crippen molar-refractivity contribution in [2.45, 2.75) is 18.8 Å². The summed E-state index contributed by atoms with van der Waals surface area (Å²) in [6.07, 6.45) is 1.80. The quantitative estimate of drug-likeness (QED) is 0.441. The van der Waals surface area contributed by atoms with Gasteiger partial charge in [0.2, 0.25) is 0 Å². The van der Waals surface area contributed by atoms with Gasteiger partial charge < -0.3 is 10.2 Å². The predicted molar refractivity (Wildman–Crippen MR) is 126 cm³/mol. The van der Waals surface area contributed by atoms with Gasteiger partial charge in [-0.15, -0.1) is 22.7 Å². The molecule has 0 atom stereocenters. The van der Waals surface area contributed by atoms with Crippen LogP contribution >= 0.6 is 22.7 Å². The average Bonchev–Trinajstić information content (AvgIpc) is 3.49. The topological polar surface area (TPSA) is 62.3 Å². The number of hydrogen-bond donors (Lipinski definition) is 1. The first kappa shape index (κ1) is 19.9. The van der Waals surface area contributed by atoms with Crippen LogP contribution in [-0.4, -0.2) is 34.8 Å². The standard InChI is InChI=1S/C24H21N3O2S2/c28-22(21-10-5-15-30-21)25-18-7-2-1-6-17(18)24(29)27-13-11-16(12-14-27)23-26-19-8-3-4-9-20(19)31-23/h1-10,15-16H,11-14H2,(H,25,28). The zero-order chi connectivity index (χ0) is 21.2. The summed E-state index contributed by atoms with van der Waals surface area (Å²) >= 11 is 3.14. The number of benzene rings is 2. The molecule has 0 bridgehead atoms. The van der Waals surface area contributed by atoms with Crippen LogP contribution in [0, 0.1) is 0 Å². The van der Waals surface area contributed by atoms with E-state index in [1.165, 1.54) is 16.0 Å². The van der Waals surface area contributed by atoms with E-state index in [1.54, 1.807) is 29.5 Å². The number of fused-ring (bicyclic) bond motifs is 1. The number of nitrogens with one attached hydrogen (secondary N) is 1. The van der Waals surface area contributed by atoms with Gasteiger partial charge in [0, 0.05) is 19.0 Å². The lowest BCUT2D eigenvalue weighted by Crippen LogP contribution is -2.38. The van der Waals surface area contributed by atoms with Crippen LogP contribution < -0.4 is 5.32 Å². The number of piperidine rings is 1. The molecule has 5 nitrogen and oxygen atoms in total. The predicted octanol–water partition coefficient (Wildman–Crippen LogP) is 5.63. The molecule has 0 saturated carbocycles. The number of hydrogen-bond acceptors (Lipinski definition) is 5. The number of para-hydroxylation sites is 2. The van der Waals surface area contributed by atoms with Crippen molar-refractivity contribution in [1.29, 1.82) is 0 Å². The van der Waals surface area contributed by atoms with Crippen molar-refractivity contribution in [1.82, 2.24) is 9.88 Å². The Bertz CT molecular complexity index is 1190. The Morgan fingerprint density at radius 2 is 1.74 bits per heavy atom. The van der Waals surface area contributed by atoms with E-state index in [0.717, 1.165) is 23.4 Å². The van der Waals surface area contributed by atoms with Crippen LogP contribution in [0.25, 0.3) is 10.2 Å². The molecule has 7 heteroatoms. The van der Waals surface area contributed by atoms with Gasteiger partial charge in [-0.1, -0.05) is 30.3 Å². The van der Waals surface area contributed by atoms with Crippen molar-refractivity contribution < 1.29 is 9.59 Å². The van der Waals surface area contributed by atoms with E-state index in [9.17, 15) is 9.59 Å². The molecule has 1 fully saturated rings. The van der Waals surface area contributed by atoms with Gasteiger partial charge in [0.25, 0.3) is 11.8 Å². The van der Waals surface area contributed by atoms with Gasteiger partial charge >= 0.3 is 0 Å². The van der Waals surface area contributed by atoms with E-state index in [2.05, 4.69) is 17.4 Å². The summed E-state index contributed by atoms with van der Waals surface area (Å²) in [5.74, 6) is 0.157. The Kier molecular flexibility index (Phi) is 5.53. The second kappa shape index (κ2) is 8.61. The SMILES string of the molecule is O=C(Nc1ccccc1C(=O)N1CCC(c2nc3ccccc3s2)CC1)c1cccs1. The first-order valence-corrected chi connectivity index (χ1v) is 12.0. The lowest BCUT2D eigenvalue weighted by atomic mass is 9.97. The number of anilines is 1. The summed E-state index contributed by atoms with van der Waals surface area (Å²) in [6, 6.07) is 19.1. The molecule has 2 amide bonds. The molecule has 1 aliphatic heterocycles. The molecule has 0 aliphatic carbocycles. The molecule has 31 heavy (non-hydrogen) atoms. The van der Waals surface area contributed by atoms with Gasteiger partial charge in [0.05, 0.1) is 31.4 Å². The summed E-state index contributed by atoms with van der Waals surface area (Å²) in [5.41, 5.74) is 2.14. The second-order valence-corrected chi connectivity index (χ2v) is 9.57. The molecule has 0 radical (unpaired) electrons. The van der Waals surface area contributed by atoms with Crippen molar-refractivity contribution >= 4 is 50.4 Å². The summed E-state index contributed by atoms with van der Waals surface area (Å²) in [6.45, 7) is 1.37. The van der Waals surface area contributed by atoms with Crippen LogP contribution in [0.3, 0.4) is 0 Å². The van der Waals surface area contributed by atoms with E-state index >= 15 is 0 Å². The number of rotatable bonds is 4. The second-order valence-electron chi connectivity index (χ2n) is 7.56. The molecule has 3 heterocycles. The van der Waals surface area contributed by atoms with Gasteiger partial charge in [0.1, 0.15) is 0 Å². The maximum Gasteiger partial charge on any atom is 0.265 e. The fourth-order valence-electron chi connectivity index (χ4n) is 3.93. The summed E-state index contributed by atoms with van der Waals surface area (Å²) in [7, 11) is 0. The monoisotopic (exact) mass is 447 g/mol. The van der Waals surface area contributed by atoms with Crippen LogP contribution in [-0.2, 0) is 0 Å².